The number of nitrogens with zero attached hydrogens (tertiary/aromatic N) is 1. The maximum Gasteiger partial charge on any atom is 0.112 e. The van der Waals surface area contributed by atoms with Crippen molar-refractivity contribution in [3.8, 4) is 0 Å². The van der Waals surface area contributed by atoms with E-state index in [4.69, 9.17) is 4.74 Å². The maximum absolute atomic E-state index is 6.36. The van der Waals surface area contributed by atoms with E-state index in [1.165, 1.54) is 17.7 Å². The molecule has 4 atom stereocenters. The number of hydrogen-bond acceptors (Lipinski definition) is 2. The molecule has 2 bridgehead atoms. The summed E-state index contributed by atoms with van der Waals surface area (Å²) >= 11 is 0. The number of fused-ring (bicyclic) bond motifs is 1. The lowest BCUT2D eigenvalue weighted by atomic mass is 9.80. The summed E-state index contributed by atoms with van der Waals surface area (Å²) in [7, 11) is 0. The standard InChI is InChI=1S/C18H21NO/c1-13(2)10-17-18-9-8-16(20-18)11-14(18)12-19(17)15-6-4-3-5-7-15/h3-9,14,16-17H,1,10-12H2,2H3/t14-,16+,17?,18-/m0/s1. The number of hydrogen-bond donors (Lipinski definition) is 0. The molecule has 104 valence electrons. The number of ether oxygens (including phenoxy) is 1. The van der Waals surface area contributed by atoms with Gasteiger partial charge in [0.25, 0.3) is 0 Å². The van der Waals surface area contributed by atoms with Gasteiger partial charge >= 0.3 is 0 Å². The molecule has 0 saturated carbocycles. The molecule has 2 saturated heterocycles. The zero-order valence-electron chi connectivity index (χ0n) is 12.0. The van der Waals surface area contributed by atoms with Crippen molar-refractivity contribution in [1.29, 1.82) is 0 Å². The monoisotopic (exact) mass is 267 g/mol. The molecule has 20 heavy (non-hydrogen) atoms. The van der Waals surface area contributed by atoms with Crippen molar-refractivity contribution >= 4 is 5.69 Å². The molecule has 0 aliphatic carbocycles. The minimum Gasteiger partial charge on any atom is -0.365 e. The van der Waals surface area contributed by atoms with E-state index in [0.717, 1.165) is 13.0 Å². The van der Waals surface area contributed by atoms with E-state index in [1.807, 2.05) is 0 Å². The normalized spacial score (nSPS) is 37.5. The molecule has 0 aromatic heterocycles. The van der Waals surface area contributed by atoms with Gasteiger partial charge in [-0.1, -0.05) is 35.9 Å². The Bertz CT molecular complexity index is 564. The summed E-state index contributed by atoms with van der Waals surface area (Å²) in [6.45, 7) is 7.36. The van der Waals surface area contributed by atoms with Crippen molar-refractivity contribution in [3.05, 3.63) is 54.6 Å². The lowest BCUT2D eigenvalue weighted by Crippen LogP contribution is -2.44. The highest BCUT2D eigenvalue weighted by atomic mass is 16.5. The molecule has 3 aliphatic rings. The molecule has 3 heterocycles. The minimum atomic E-state index is -0.0700. The van der Waals surface area contributed by atoms with Crippen LogP contribution in [0.4, 0.5) is 5.69 Å². The van der Waals surface area contributed by atoms with Crippen molar-refractivity contribution in [2.45, 2.75) is 37.5 Å². The Balaban J connectivity index is 1.73. The zero-order valence-corrected chi connectivity index (χ0v) is 12.0. The van der Waals surface area contributed by atoms with E-state index >= 15 is 0 Å². The third kappa shape index (κ3) is 1.61. The first kappa shape index (κ1) is 12.2. The summed E-state index contributed by atoms with van der Waals surface area (Å²) in [6.07, 6.45) is 7.12. The third-order valence-corrected chi connectivity index (χ3v) is 5.03. The van der Waals surface area contributed by atoms with Gasteiger partial charge in [-0.3, -0.25) is 0 Å². The molecule has 0 N–H and O–H groups in total. The van der Waals surface area contributed by atoms with Gasteiger partial charge in [0.1, 0.15) is 5.60 Å². The lowest BCUT2D eigenvalue weighted by Gasteiger charge is -2.35. The van der Waals surface area contributed by atoms with Crippen LogP contribution in [0.1, 0.15) is 19.8 Å². The van der Waals surface area contributed by atoms with Crippen molar-refractivity contribution in [2.24, 2.45) is 5.92 Å². The highest BCUT2D eigenvalue weighted by molar-refractivity contribution is 5.52. The molecule has 1 aromatic rings. The van der Waals surface area contributed by atoms with Gasteiger partial charge in [-0.15, -0.1) is 6.58 Å². The molecule has 2 fully saturated rings. The van der Waals surface area contributed by atoms with Crippen LogP contribution in [-0.4, -0.2) is 24.3 Å². The number of para-hydroxylation sites is 1. The molecule has 0 radical (unpaired) electrons. The second-order valence-corrected chi connectivity index (χ2v) is 6.47. The van der Waals surface area contributed by atoms with Crippen LogP contribution >= 0.6 is 0 Å². The van der Waals surface area contributed by atoms with Gasteiger partial charge in [0.2, 0.25) is 0 Å². The van der Waals surface area contributed by atoms with Crippen LogP contribution in [0.2, 0.25) is 0 Å². The first-order valence-corrected chi connectivity index (χ1v) is 7.52. The van der Waals surface area contributed by atoms with Gasteiger partial charge in [-0.05, 0) is 31.9 Å². The van der Waals surface area contributed by atoms with Crippen LogP contribution < -0.4 is 4.90 Å². The average Bonchev–Trinajstić information content (AvgIpc) is 3.09. The van der Waals surface area contributed by atoms with Crippen LogP contribution in [0.15, 0.2) is 54.6 Å². The summed E-state index contributed by atoms with van der Waals surface area (Å²) in [5.41, 5.74) is 2.47. The van der Waals surface area contributed by atoms with Gasteiger partial charge in [-0.2, -0.15) is 0 Å². The Morgan fingerprint density at radius 2 is 2.20 bits per heavy atom. The molecule has 1 aromatic carbocycles. The van der Waals surface area contributed by atoms with E-state index in [-0.39, 0.29) is 5.60 Å². The van der Waals surface area contributed by atoms with E-state index in [2.05, 4.69) is 60.9 Å². The summed E-state index contributed by atoms with van der Waals surface area (Å²) in [6, 6.07) is 11.1. The summed E-state index contributed by atoms with van der Waals surface area (Å²) in [5, 5.41) is 0. The SMILES string of the molecule is C=C(C)CC1N(c2ccccc2)C[C@@H]2C[C@H]3C=C[C@@]12O3. The van der Waals surface area contributed by atoms with Gasteiger partial charge in [0, 0.05) is 18.2 Å². The highest BCUT2D eigenvalue weighted by Crippen LogP contribution is 2.53. The summed E-state index contributed by atoms with van der Waals surface area (Å²) in [4.78, 5) is 2.53. The maximum atomic E-state index is 6.36. The quantitative estimate of drug-likeness (QED) is 0.776. The molecule has 4 rings (SSSR count). The highest BCUT2D eigenvalue weighted by Gasteiger charge is 2.60. The average molecular weight is 267 g/mol. The minimum absolute atomic E-state index is 0.0700. The van der Waals surface area contributed by atoms with E-state index < -0.39 is 0 Å². The molecule has 3 aliphatic heterocycles. The number of rotatable bonds is 3. The third-order valence-electron chi connectivity index (χ3n) is 5.03. The van der Waals surface area contributed by atoms with Gasteiger partial charge < -0.3 is 9.64 Å². The number of benzene rings is 1. The fraction of sp³-hybridized carbons (Fsp3) is 0.444. The Morgan fingerprint density at radius 1 is 1.40 bits per heavy atom. The fourth-order valence-corrected chi connectivity index (χ4v) is 4.21. The van der Waals surface area contributed by atoms with Crippen molar-refractivity contribution in [1.82, 2.24) is 0 Å². The fourth-order valence-electron chi connectivity index (χ4n) is 4.21. The summed E-state index contributed by atoms with van der Waals surface area (Å²) in [5.74, 6) is 0.627. The first-order valence-electron chi connectivity index (χ1n) is 7.52. The number of anilines is 1. The predicted molar refractivity (Wildman–Crippen MR) is 81.9 cm³/mol. The van der Waals surface area contributed by atoms with Crippen molar-refractivity contribution in [3.63, 3.8) is 0 Å². The molecule has 0 amide bonds. The molecule has 2 nitrogen and oxygen atoms in total. The largest absolute Gasteiger partial charge is 0.365 e. The van der Waals surface area contributed by atoms with Gasteiger partial charge in [-0.25, -0.2) is 0 Å². The lowest BCUT2D eigenvalue weighted by molar-refractivity contribution is 0.0116. The van der Waals surface area contributed by atoms with E-state index in [9.17, 15) is 0 Å². The molecule has 1 unspecified atom stereocenters. The molecule has 1 spiro atoms. The Hall–Kier alpha value is -1.54. The molecular weight excluding hydrogens is 246 g/mol. The molecule has 2 heteroatoms. The Morgan fingerprint density at radius 3 is 2.90 bits per heavy atom. The van der Waals surface area contributed by atoms with Crippen molar-refractivity contribution < 1.29 is 4.74 Å². The first-order chi connectivity index (χ1) is 9.69. The van der Waals surface area contributed by atoms with Gasteiger partial charge in [0.15, 0.2) is 0 Å². The predicted octanol–water partition coefficient (Wildman–Crippen LogP) is 3.56. The smallest absolute Gasteiger partial charge is 0.112 e. The van der Waals surface area contributed by atoms with Crippen LogP contribution in [0, 0.1) is 5.92 Å². The summed E-state index contributed by atoms with van der Waals surface area (Å²) < 4.78 is 6.36. The Labute approximate surface area is 120 Å². The van der Waals surface area contributed by atoms with E-state index in [1.54, 1.807) is 0 Å². The van der Waals surface area contributed by atoms with Crippen LogP contribution in [-0.2, 0) is 4.74 Å². The molecular formula is C18H21NO. The van der Waals surface area contributed by atoms with Crippen LogP contribution in [0.3, 0.4) is 0 Å². The second kappa shape index (κ2) is 4.23. The van der Waals surface area contributed by atoms with Crippen LogP contribution in [0.5, 0.6) is 0 Å². The Kier molecular flexibility index (Phi) is 2.58. The zero-order chi connectivity index (χ0) is 13.7. The van der Waals surface area contributed by atoms with E-state index in [0.29, 0.717) is 18.1 Å². The second-order valence-electron chi connectivity index (χ2n) is 6.47. The topological polar surface area (TPSA) is 12.5 Å². The van der Waals surface area contributed by atoms with Gasteiger partial charge in [0.05, 0.1) is 12.1 Å². The van der Waals surface area contributed by atoms with Crippen LogP contribution in [0.25, 0.3) is 0 Å². The van der Waals surface area contributed by atoms with Crippen molar-refractivity contribution in [2.75, 3.05) is 11.4 Å².